The Kier molecular flexibility index (Phi) is 4.33. The molecule has 84 valence electrons. The second-order valence-electron chi connectivity index (χ2n) is 2.92. The zero-order valence-corrected chi connectivity index (χ0v) is 8.75. The van der Waals surface area contributed by atoms with Crippen LogP contribution in [0, 0.1) is 0 Å². The minimum atomic E-state index is -0.608. The maximum Gasteiger partial charge on any atom is 0.125 e. The normalized spacial score (nSPS) is 10.1. The summed E-state index contributed by atoms with van der Waals surface area (Å²) < 4.78 is 22.7. The number of methoxy groups -OCH3 is 2. The van der Waals surface area contributed by atoms with Crippen LogP contribution >= 0.6 is 0 Å². The van der Waals surface area contributed by atoms with E-state index in [1.165, 1.54) is 14.2 Å². The molecular formula is C10H14FNO3. The Labute approximate surface area is 87.7 Å². The van der Waals surface area contributed by atoms with Crippen molar-refractivity contribution in [2.45, 2.75) is 13.3 Å². The van der Waals surface area contributed by atoms with E-state index in [9.17, 15) is 4.39 Å². The monoisotopic (exact) mass is 215 g/mol. The van der Waals surface area contributed by atoms with Crippen LogP contribution in [0.1, 0.15) is 11.1 Å². The van der Waals surface area contributed by atoms with Gasteiger partial charge in [-0.05, 0) is 12.1 Å². The lowest BCUT2D eigenvalue weighted by molar-refractivity contribution is 0.122. The molecule has 1 rings (SSSR count). The Hall–Kier alpha value is -1.33. The van der Waals surface area contributed by atoms with Gasteiger partial charge >= 0.3 is 0 Å². The van der Waals surface area contributed by atoms with E-state index in [1.807, 2.05) is 0 Å². The molecule has 0 radical (unpaired) electrons. The van der Waals surface area contributed by atoms with Gasteiger partial charge in [0, 0.05) is 11.1 Å². The molecule has 0 heterocycles. The first-order chi connectivity index (χ1) is 7.26. The quantitative estimate of drug-likeness (QED) is 0.757. The van der Waals surface area contributed by atoms with Crippen LogP contribution in [0.4, 0.5) is 4.39 Å². The van der Waals surface area contributed by atoms with Crippen LogP contribution < -0.4 is 15.4 Å². The molecule has 0 atom stereocenters. The van der Waals surface area contributed by atoms with Crippen molar-refractivity contribution < 1.29 is 18.7 Å². The summed E-state index contributed by atoms with van der Waals surface area (Å²) in [4.78, 5) is 4.51. The molecule has 0 aliphatic rings. The molecule has 0 spiro atoms. The molecule has 1 aromatic rings. The molecule has 0 saturated heterocycles. The van der Waals surface area contributed by atoms with Crippen LogP contribution in [0.2, 0.25) is 0 Å². The van der Waals surface area contributed by atoms with Crippen LogP contribution in [-0.4, -0.2) is 14.2 Å². The van der Waals surface area contributed by atoms with Gasteiger partial charge in [0.15, 0.2) is 0 Å². The van der Waals surface area contributed by atoms with Crippen LogP contribution in [0.3, 0.4) is 0 Å². The van der Waals surface area contributed by atoms with Crippen LogP contribution in [0.25, 0.3) is 0 Å². The highest BCUT2D eigenvalue weighted by atomic mass is 19.1. The molecule has 4 nitrogen and oxygen atoms in total. The first-order valence-corrected chi connectivity index (χ1v) is 4.38. The maximum absolute atomic E-state index is 12.6. The van der Waals surface area contributed by atoms with Crippen molar-refractivity contribution in [3.63, 3.8) is 0 Å². The average molecular weight is 215 g/mol. The first-order valence-electron chi connectivity index (χ1n) is 4.38. The summed E-state index contributed by atoms with van der Waals surface area (Å²) in [5.74, 6) is 5.98. The summed E-state index contributed by atoms with van der Waals surface area (Å²) in [7, 11) is 2.98. The summed E-state index contributed by atoms with van der Waals surface area (Å²) in [6.07, 6.45) is 0. The average Bonchev–Trinajstić information content (AvgIpc) is 2.28. The van der Waals surface area contributed by atoms with E-state index in [1.54, 1.807) is 12.1 Å². The van der Waals surface area contributed by atoms with Crippen molar-refractivity contribution in [2.24, 2.45) is 5.90 Å². The molecule has 0 amide bonds. The van der Waals surface area contributed by atoms with Crippen LogP contribution in [0.5, 0.6) is 11.5 Å². The number of nitrogens with two attached hydrogens (primary N) is 1. The molecule has 0 unspecified atom stereocenters. The lowest BCUT2D eigenvalue weighted by Crippen LogP contribution is -2.03. The maximum atomic E-state index is 12.6. The van der Waals surface area contributed by atoms with Crippen molar-refractivity contribution in [3.8, 4) is 11.5 Å². The van der Waals surface area contributed by atoms with E-state index in [4.69, 9.17) is 15.4 Å². The second-order valence-corrected chi connectivity index (χ2v) is 2.92. The molecule has 0 fully saturated rings. The SMILES string of the molecule is COc1cc(CON)c(OC)cc1CF. The van der Waals surface area contributed by atoms with Crippen molar-refractivity contribution in [2.75, 3.05) is 14.2 Å². The number of halogens is 1. The second kappa shape index (κ2) is 5.53. The van der Waals surface area contributed by atoms with Gasteiger partial charge in [-0.3, -0.25) is 4.84 Å². The van der Waals surface area contributed by atoms with E-state index in [2.05, 4.69) is 4.84 Å². The Balaban J connectivity index is 3.15. The van der Waals surface area contributed by atoms with Gasteiger partial charge in [-0.15, -0.1) is 0 Å². The third kappa shape index (κ3) is 2.57. The molecule has 0 saturated carbocycles. The summed E-state index contributed by atoms with van der Waals surface area (Å²) in [5, 5.41) is 0. The lowest BCUT2D eigenvalue weighted by atomic mass is 10.1. The predicted octanol–water partition coefficient (Wildman–Crippen LogP) is 1.56. The zero-order chi connectivity index (χ0) is 11.3. The fraction of sp³-hybridized carbons (Fsp3) is 0.400. The molecule has 1 aromatic carbocycles. The highest BCUT2D eigenvalue weighted by Gasteiger charge is 2.10. The van der Waals surface area contributed by atoms with Crippen molar-refractivity contribution in [3.05, 3.63) is 23.3 Å². The summed E-state index contributed by atoms with van der Waals surface area (Å²) >= 11 is 0. The Morgan fingerprint density at radius 1 is 1.13 bits per heavy atom. The third-order valence-corrected chi connectivity index (χ3v) is 2.07. The topological polar surface area (TPSA) is 53.7 Å². The van der Waals surface area contributed by atoms with E-state index in [0.717, 1.165) is 0 Å². The number of rotatable bonds is 5. The van der Waals surface area contributed by atoms with Gasteiger partial charge in [0.1, 0.15) is 18.2 Å². The summed E-state index contributed by atoms with van der Waals surface area (Å²) in [6, 6.07) is 3.23. The minimum Gasteiger partial charge on any atom is -0.496 e. The number of ether oxygens (including phenoxy) is 2. The highest BCUT2D eigenvalue weighted by Crippen LogP contribution is 2.29. The van der Waals surface area contributed by atoms with Gasteiger partial charge in [-0.2, -0.15) is 0 Å². The Bertz CT molecular complexity index is 331. The molecule has 0 bridgehead atoms. The van der Waals surface area contributed by atoms with Gasteiger partial charge in [0.25, 0.3) is 0 Å². The fourth-order valence-corrected chi connectivity index (χ4v) is 1.33. The van der Waals surface area contributed by atoms with Gasteiger partial charge in [-0.1, -0.05) is 0 Å². The van der Waals surface area contributed by atoms with Crippen molar-refractivity contribution in [1.29, 1.82) is 0 Å². The smallest absolute Gasteiger partial charge is 0.125 e. The first kappa shape index (κ1) is 11.7. The highest BCUT2D eigenvalue weighted by molar-refractivity contribution is 5.46. The van der Waals surface area contributed by atoms with E-state index >= 15 is 0 Å². The van der Waals surface area contributed by atoms with Crippen molar-refractivity contribution in [1.82, 2.24) is 0 Å². The predicted molar refractivity (Wildman–Crippen MR) is 53.3 cm³/mol. The number of hydrogen-bond donors (Lipinski definition) is 1. The summed E-state index contributed by atoms with van der Waals surface area (Å²) in [6.45, 7) is -0.421. The number of hydrogen-bond acceptors (Lipinski definition) is 4. The minimum absolute atomic E-state index is 0.187. The van der Waals surface area contributed by atoms with Crippen molar-refractivity contribution >= 4 is 0 Å². The Morgan fingerprint density at radius 3 is 2.13 bits per heavy atom. The van der Waals surface area contributed by atoms with Crippen LogP contribution in [0.15, 0.2) is 12.1 Å². The largest absolute Gasteiger partial charge is 0.496 e. The molecule has 0 aliphatic carbocycles. The zero-order valence-electron chi connectivity index (χ0n) is 8.75. The van der Waals surface area contributed by atoms with Gasteiger partial charge in [-0.25, -0.2) is 10.3 Å². The molecule has 0 aliphatic heterocycles. The number of benzene rings is 1. The molecular weight excluding hydrogens is 201 g/mol. The van der Waals surface area contributed by atoms with Gasteiger partial charge in [0.2, 0.25) is 0 Å². The lowest BCUT2D eigenvalue weighted by Gasteiger charge is -2.12. The molecule has 0 aromatic heterocycles. The molecule has 15 heavy (non-hydrogen) atoms. The molecule has 5 heteroatoms. The van der Waals surface area contributed by atoms with E-state index in [-0.39, 0.29) is 6.61 Å². The Morgan fingerprint density at radius 2 is 1.67 bits per heavy atom. The number of alkyl halides is 1. The van der Waals surface area contributed by atoms with Gasteiger partial charge in [0.05, 0.1) is 20.8 Å². The van der Waals surface area contributed by atoms with Crippen LogP contribution in [-0.2, 0) is 18.1 Å². The van der Waals surface area contributed by atoms with E-state index < -0.39 is 6.67 Å². The summed E-state index contributed by atoms with van der Waals surface area (Å²) in [5.41, 5.74) is 1.16. The third-order valence-electron chi connectivity index (χ3n) is 2.07. The fourth-order valence-electron chi connectivity index (χ4n) is 1.33. The molecule has 2 N–H and O–H groups in total. The van der Waals surface area contributed by atoms with Gasteiger partial charge < -0.3 is 9.47 Å². The standard InChI is InChI=1S/C10H14FNO3/c1-13-9-4-8(6-15-12)10(14-2)3-7(9)5-11/h3-4H,5-6,12H2,1-2H3. The van der Waals surface area contributed by atoms with E-state index in [0.29, 0.717) is 22.6 Å².